The monoisotopic (exact) mass is 426 g/mol. The number of aromatic nitrogens is 1. The first kappa shape index (κ1) is 20.3. The van der Waals surface area contributed by atoms with Gasteiger partial charge < -0.3 is 14.2 Å². The van der Waals surface area contributed by atoms with Gasteiger partial charge >= 0.3 is 0 Å². The molecule has 0 N–H and O–H groups in total. The number of ether oxygens (including phenoxy) is 1. The van der Waals surface area contributed by atoms with E-state index in [1.165, 1.54) is 0 Å². The molecule has 1 aromatic heterocycles. The third kappa shape index (κ3) is 3.86. The molecule has 0 unspecified atom stereocenters. The van der Waals surface area contributed by atoms with E-state index in [-0.39, 0.29) is 5.91 Å². The summed E-state index contributed by atoms with van der Waals surface area (Å²) in [5.74, 6) is 0.0348. The number of hydrogen-bond donors (Lipinski definition) is 0. The second-order valence-electron chi connectivity index (χ2n) is 8.26. The molecule has 1 amide bonds. The van der Waals surface area contributed by atoms with Crippen LogP contribution in [-0.4, -0.2) is 40.9 Å². The molecule has 1 aliphatic heterocycles. The number of hydrogen-bond acceptors (Lipinski definition) is 3. The molecule has 0 aliphatic carbocycles. The number of amides is 1. The SMILES string of the molecule is O=C(C(=O)N1CCCCC1)c1cn(CCOc2cccc3ccccc23)c2ccccc12. The van der Waals surface area contributed by atoms with Crippen molar-refractivity contribution in [3.05, 3.63) is 78.5 Å². The number of likely N-dealkylation sites (tertiary alicyclic amines) is 1. The number of piperidine rings is 1. The van der Waals surface area contributed by atoms with Crippen LogP contribution < -0.4 is 4.74 Å². The van der Waals surface area contributed by atoms with E-state index in [2.05, 4.69) is 18.2 Å². The van der Waals surface area contributed by atoms with Gasteiger partial charge in [0.1, 0.15) is 12.4 Å². The topological polar surface area (TPSA) is 51.5 Å². The molecule has 2 heterocycles. The quantitative estimate of drug-likeness (QED) is 0.320. The van der Waals surface area contributed by atoms with Crippen molar-refractivity contribution in [1.82, 2.24) is 9.47 Å². The van der Waals surface area contributed by atoms with Gasteiger partial charge in [0.2, 0.25) is 0 Å². The van der Waals surface area contributed by atoms with Crippen LogP contribution in [0.3, 0.4) is 0 Å². The van der Waals surface area contributed by atoms with Crippen LogP contribution in [0.5, 0.6) is 5.75 Å². The first-order valence-electron chi connectivity index (χ1n) is 11.2. The Morgan fingerprint density at radius 2 is 1.53 bits per heavy atom. The summed E-state index contributed by atoms with van der Waals surface area (Å²) < 4.78 is 8.11. The molecule has 1 aliphatic rings. The molecule has 0 radical (unpaired) electrons. The Kier molecular flexibility index (Phi) is 5.63. The summed E-state index contributed by atoms with van der Waals surface area (Å²) in [5.41, 5.74) is 1.41. The standard InChI is InChI=1S/C27H26N2O3/c30-26(27(31)28-15-6-1-7-16-28)23-19-29(24-13-5-4-12-22(23)24)17-18-32-25-14-8-10-20-9-2-3-11-21(20)25/h2-5,8-14,19H,1,6-7,15-18H2. The van der Waals surface area contributed by atoms with Gasteiger partial charge in [0.25, 0.3) is 11.7 Å². The number of benzene rings is 3. The number of carbonyl (C=O) groups excluding carboxylic acids is 2. The largest absolute Gasteiger partial charge is 0.491 e. The lowest BCUT2D eigenvalue weighted by Gasteiger charge is -2.25. The van der Waals surface area contributed by atoms with Gasteiger partial charge in [-0.05, 0) is 36.8 Å². The van der Waals surface area contributed by atoms with Crippen molar-refractivity contribution >= 4 is 33.4 Å². The molecule has 0 spiro atoms. The van der Waals surface area contributed by atoms with Crippen molar-refractivity contribution < 1.29 is 14.3 Å². The highest BCUT2D eigenvalue weighted by Crippen LogP contribution is 2.26. The van der Waals surface area contributed by atoms with E-state index in [1.54, 1.807) is 11.1 Å². The Hall–Kier alpha value is -3.60. The molecular weight excluding hydrogens is 400 g/mol. The summed E-state index contributed by atoms with van der Waals surface area (Å²) in [6.45, 7) is 2.37. The van der Waals surface area contributed by atoms with E-state index < -0.39 is 5.78 Å². The van der Waals surface area contributed by atoms with Crippen LogP contribution in [0, 0.1) is 0 Å². The van der Waals surface area contributed by atoms with E-state index in [4.69, 9.17) is 4.74 Å². The van der Waals surface area contributed by atoms with Gasteiger partial charge in [-0.15, -0.1) is 0 Å². The van der Waals surface area contributed by atoms with Crippen LogP contribution >= 0.6 is 0 Å². The molecule has 5 nitrogen and oxygen atoms in total. The minimum atomic E-state index is -0.420. The molecule has 1 saturated heterocycles. The minimum Gasteiger partial charge on any atom is -0.491 e. The molecule has 4 aromatic rings. The number of nitrogens with zero attached hydrogens (tertiary/aromatic N) is 2. The van der Waals surface area contributed by atoms with Crippen LogP contribution in [0.2, 0.25) is 0 Å². The van der Waals surface area contributed by atoms with E-state index in [1.807, 2.05) is 53.1 Å². The third-order valence-corrected chi connectivity index (χ3v) is 6.21. The van der Waals surface area contributed by atoms with Crippen LogP contribution in [0.25, 0.3) is 21.7 Å². The maximum absolute atomic E-state index is 13.1. The van der Waals surface area contributed by atoms with Crippen molar-refractivity contribution in [3.63, 3.8) is 0 Å². The Morgan fingerprint density at radius 1 is 0.812 bits per heavy atom. The highest BCUT2D eigenvalue weighted by atomic mass is 16.5. The zero-order valence-corrected chi connectivity index (χ0v) is 18.0. The first-order valence-corrected chi connectivity index (χ1v) is 11.2. The molecule has 0 bridgehead atoms. The average Bonchev–Trinajstić information content (AvgIpc) is 3.22. The van der Waals surface area contributed by atoms with Gasteiger partial charge in [-0.2, -0.15) is 0 Å². The zero-order valence-electron chi connectivity index (χ0n) is 18.0. The second kappa shape index (κ2) is 8.87. The minimum absolute atomic E-state index is 0.389. The summed E-state index contributed by atoms with van der Waals surface area (Å²) in [6, 6.07) is 21.9. The van der Waals surface area contributed by atoms with Crippen molar-refractivity contribution in [2.24, 2.45) is 0 Å². The normalized spacial score (nSPS) is 14.1. The lowest BCUT2D eigenvalue weighted by Crippen LogP contribution is -2.40. The fourth-order valence-corrected chi connectivity index (χ4v) is 4.54. The van der Waals surface area contributed by atoms with Crippen LogP contribution in [-0.2, 0) is 11.3 Å². The van der Waals surface area contributed by atoms with Crippen molar-refractivity contribution in [2.45, 2.75) is 25.8 Å². The molecular formula is C27H26N2O3. The van der Waals surface area contributed by atoms with E-state index in [9.17, 15) is 9.59 Å². The molecule has 32 heavy (non-hydrogen) atoms. The maximum atomic E-state index is 13.1. The van der Waals surface area contributed by atoms with Gasteiger partial charge in [0.05, 0.1) is 12.1 Å². The van der Waals surface area contributed by atoms with Crippen molar-refractivity contribution in [2.75, 3.05) is 19.7 Å². The average molecular weight is 427 g/mol. The Labute approximate surface area is 187 Å². The Balaban J connectivity index is 1.36. The zero-order chi connectivity index (χ0) is 21.9. The summed E-state index contributed by atoms with van der Waals surface area (Å²) in [5, 5.41) is 3.03. The van der Waals surface area contributed by atoms with E-state index >= 15 is 0 Å². The van der Waals surface area contributed by atoms with Gasteiger partial charge in [-0.3, -0.25) is 9.59 Å². The highest BCUT2D eigenvalue weighted by molar-refractivity contribution is 6.44. The van der Waals surface area contributed by atoms with Crippen LogP contribution in [0.15, 0.2) is 72.9 Å². The fraction of sp³-hybridized carbons (Fsp3) is 0.259. The van der Waals surface area contributed by atoms with Crippen LogP contribution in [0.4, 0.5) is 0 Å². The predicted octanol–water partition coefficient (Wildman–Crippen LogP) is 5.07. The molecule has 5 heteroatoms. The molecule has 0 atom stereocenters. The van der Waals surface area contributed by atoms with Gasteiger partial charge in [-0.25, -0.2) is 0 Å². The number of para-hydroxylation sites is 1. The lowest BCUT2D eigenvalue weighted by molar-refractivity contribution is -0.127. The molecule has 3 aromatic carbocycles. The van der Waals surface area contributed by atoms with Crippen molar-refractivity contribution in [3.8, 4) is 5.75 Å². The van der Waals surface area contributed by atoms with Gasteiger partial charge in [-0.1, -0.05) is 54.6 Å². The van der Waals surface area contributed by atoms with Crippen molar-refractivity contribution in [1.29, 1.82) is 0 Å². The number of ketones is 1. The number of fused-ring (bicyclic) bond motifs is 2. The predicted molar refractivity (Wildman–Crippen MR) is 126 cm³/mol. The van der Waals surface area contributed by atoms with Crippen LogP contribution in [0.1, 0.15) is 29.6 Å². The van der Waals surface area contributed by atoms with E-state index in [0.717, 1.165) is 46.7 Å². The summed E-state index contributed by atoms with van der Waals surface area (Å²) >= 11 is 0. The second-order valence-corrected chi connectivity index (χ2v) is 8.26. The lowest BCUT2D eigenvalue weighted by atomic mass is 10.1. The number of rotatable bonds is 6. The third-order valence-electron chi connectivity index (χ3n) is 6.21. The van der Waals surface area contributed by atoms with Gasteiger partial charge in [0.15, 0.2) is 0 Å². The molecule has 5 rings (SSSR count). The maximum Gasteiger partial charge on any atom is 0.295 e. The summed E-state index contributed by atoms with van der Waals surface area (Å²) in [6.07, 6.45) is 4.86. The van der Waals surface area contributed by atoms with Gasteiger partial charge in [0, 0.05) is 35.6 Å². The smallest absolute Gasteiger partial charge is 0.295 e. The molecule has 1 fully saturated rings. The fourth-order valence-electron chi connectivity index (χ4n) is 4.54. The number of Topliss-reactive ketones (excluding diaryl/α,β-unsaturated/α-hetero) is 1. The number of carbonyl (C=O) groups is 2. The molecule has 162 valence electrons. The van der Waals surface area contributed by atoms with E-state index in [0.29, 0.717) is 31.8 Å². The highest BCUT2D eigenvalue weighted by Gasteiger charge is 2.27. The Morgan fingerprint density at radius 3 is 2.38 bits per heavy atom. The first-order chi connectivity index (χ1) is 15.7. The Bertz CT molecular complexity index is 1280. The molecule has 0 saturated carbocycles. The summed E-state index contributed by atoms with van der Waals surface area (Å²) in [4.78, 5) is 27.6. The summed E-state index contributed by atoms with van der Waals surface area (Å²) in [7, 11) is 0.